The van der Waals surface area contributed by atoms with Crippen LogP contribution in [0.5, 0.6) is 0 Å². The van der Waals surface area contributed by atoms with Crippen LogP contribution in [0.15, 0.2) is 24.3 Å². The van der Waals surface area contributed by atoms with Crippen LogP contribution in [0.1, 0.15) is 12.8 Å². The molecule has 1 fully saturated rings. The number of fused-ring (bicyclic) bond motifs is 1. The molecule has 0 saturated carbocycles. The van der Waals surface area contributed by atoms with Crippen molar-refractivity contribution in [3.8, 4) is 0 Å². The summed E-state index contributed by atoms with van der Waals surface area (Å²) in [6.07, 6.45) is 2.28. The Kier molecular flexibility index (Phi) is 2.52. The molecule has 1 aromatic heterocycles. The molecule has 1 atom stereocenters. The van der Waals surface area contributed by atoms with E-state index in [1.807, 2.05) is 6.07 Å². The molecule has 1 aliphatic rings. The Hall–Kier alpha value is -1.55. The quantitative estimate of drug-likeness (QED) is 0.807. The van der Waals surface area contributed by atoms with Gasteiger partial charge in [0.2, 0.25) is 5.95 Å². The van der Waals surface area contributed by atoms with Crippen molar-refractivity contribution in [2.75, 3.05) is 18.0 Å². The van der Waals surface area contributed by atoms with E-state index in [0.29, 0.717) is 0 Å². The molecule has 1 saturated heterocycles. The summed E-state index contributed by atoms with van der Waals surface area (Å²) in [5.74, 6) is 1.04. The zero-order chi connectivity index (χ0) is 11.8. The molecule has 0 amide bonds. The Morgan fingerprint density at radius 3 is 2.94 bits per heavy atom. The first-order chi connectivity index (χ1) is 8.25. The van der Waals surface area contributed by atoms with Crippen LogP contribution in [-0.4, -0.2) is 28.7 Å². The summed E-state index contributed by atoms with van der Waals surface area (Å²) in [7, 11) is 2.07. The lowest BCUT2D eigenvalue weighted by atomic mass is 10.1. The number of aromatic nitrogens is 2. The van der Waals surface area contributed by atoms with Crippen molar-refractivity contribution in [1.82, 2.24) is 9.55 Å². The fourth-order valence-electron chi connectivity index (χ4n) is 2.61. The summed E-state index contributed by atoms with van der Waals surface area (Å²) in [4.78, 5) is 7.00. The molecule has 0 bridgehead atoms. The van der Waals surface area contributed by atoms with Crippen molar-refractivity contribution in [1.29, 1.82) is 0 Å². The average Bonchev–Trinajstić information content (AvgIpc) is 2.68. The highest BCUT2D eigenvalue weighted by molar-refractivity contribution is 5.78. The van der Waals surface area contributed by atoms with Crippen LogP contribution >= 0.6 is 0 Å². The molecule has 2 heterocycles. The third kappa shape index (κ3) is 1.78. The van der Waals surface area contributed by atoms with Crippen molar-refractivity contribution in [2.45, 2.75) is 18.9 Å². The number of piperidine rings is 1. The molecule has 2 N–H and O–H groups in total. The monoisotopic (exact) mass is 230 g/mol. The van der Waals surface area contributed by atoms with Gasteiger partial charge >= 0.3 is 0 Å². The lowest BCUT2D eigenvalue weighted by molar-refractivity contribution is 0.497. The summed E-state index contributed by atoms with van der Waals surface area (Å²) >= 11 is 0. The summed E-state index contributed by atoms with van der Waals surface area (Å²) < 4.78 is 2.16. The fourth-order valence-corrected chi connectivity index (χ4v) is 2.61. The zero-order valence-electron chi connectivity index (χ0n) is 10.1. The number of anilines is 1. The van der Waals surface area contributed by atoms with Gasteiger partial charge in [0.1, 0.15) is 0 Å². The van der Waals surface area contributed by atoms with Gasteiger partial charge in [0.25, 0.3) is 0 Å². The minimum absolute atomic E-state index is 0.281. The second-order valence-electron chi connectivity index (χ2n) is 4.81. The molecule has 1 aromatic carbocycles. The summed E-state index contributed by atoms with van der Waals surface area (Å²) in [5, 5.41) is 0. The first-order valence-corrected chi connectivity index (χ1v) is 6.17. The maximum absolute atomic E-state index is 6.03. The van der Waals surface area contributed by atoms with E-state index in [1.54, 1.807) is 0 Å². The lowest BCUT2D eigenvalue weighted by Gasteiger charge is -2.31. The molecule has 0 aliphatic carbocycles. The molecule has 1 aliphatic heterocycles. The van der Waals surface area contributed by atoms with Gasteiger partial charge in [-0.25, -0.2) is 4.98 Å². The molecule has 0 unspecified atom stereocenters. The number of benzene rings is 1. The van der Waals surface area contributed by atoms with Crippen LogP contribution in [0.4, 0.5) is 5.95 Å². The summed E-state index contributed by atoms with van der Waals surface area (Å²) in [5.41, 5.74) is 8.27. The SMILES string of the molecule is Cn1c(N2CCC[C@H](N)C2)nc2ccccc21. The first kappa shape index (κ1) is 10.6. The van der Waals surface area contributed by atoms with Gasteiger partial charge in [-0.1, -0.05) is 12.1 Å². The van der Waals surface area contributed by atoms with Crippen molar-refractivity contribution < 1.29 is 0 Å². The number of rotatable bonds is 1. The number of para-hydroxylation sites is 2. The zero-order valence-corrected chi connectivity index (χ0v) is 10.1. The third-order valence-electron chi connectivity index (χ3n) is 3.50. The van der Waals surface area contributed by atoms with Crippen molar-refractivity contribution in [3.05, 3.63) is 24.3 Å². The number of nitrogens with two attached hydrogens (primary N) is 1. The maximum atomic E-state index is 6.03. The third-order valence-corrected chi connectivity index (χ3v) is 3.50. The van der Waals surface area contributed by atoms with E-state index < -0.39 is 0 Å². The Balaban J connectivity index is 2.02. The number of imidazole rings is 1. The summed E-state index contributed by atoms with van der Waals surface area (Å²) in [6, 6.07) is 8.53. The maximum Gasteiger partial charge on any atom is 0.206 e. The molecular weight excluding hydrogens is 212 g/mol. The molecule has 17 heavy (non-hydrogen) atoms. The largest absolute Gasteiger partial charge is 0.341 e. The predicted octanol–water partition coefficient (Wildman–Crippen LogP) is 1.50. The highest BCUT2D eigenvalue weighted by Gasteiger charge is 2.20. The number of aryl methyl sites for hydroxylation is 1. The Morgan fingerprint density at radius 1 is 1.35 bits per heavy atom. The average molecular weight is 230 g/mol. The van der Waals surface area contributed by atoms with Crippen LogP contribution in [0.3, 0.4) is 0 Å². The molecule has 4 nitrogen and oxygen atoms in total. The normalized spacial score (nSPS) is 21.1. The van der Waals surface area contributed by atoms with Gasteiger partial charge < -0.3 is 15.2 Å². The van der Waals surface area contributed by atoms with Gasteiger partial charge in [0.15, 0.2) is 0 Å². The number of hydrogen-bond donors (Lipinski definition) is 1. The van der Waals surface area contributed by atoms with E-state index in [1.165, 1.54) is 5.52 Å². The highest BCUT2D eigenvalue weighted by Crippen LogP contribution is 2.23. The van der Waals surface area contributed by atoms with E-state index in [-0.39, 0.29) is 6.04 Å². The van der Waals surface area contributed by atoms with E-state index in [4.69, 9.17) is 10.7 Å². The van der Waals surface area contributed by atoms with E-state index >= 15 is 0 Å². The second kappa shape index (κ2) is 4.04. The molecular formula is C13H18N4. The molecule has 90 valence electrons. The van der Waals surface area contributed by atoms with Crippen molar-refractivity contribution in [3.63, 3.8) is 0 Å². The second-order valence-corrected chi connectivity index (χ2v) is 4.81. The van der Waals surface area contributed by atoms with Crippen LogP contribution in [0, 0.1) is 0 Å². The van der Waals surface area contributed by atoms with Crippen LogP contribution in [-0.2, 0) is 7.05 Å². The van der Waals surface area contributed by atoms with E-state index in [9.17, 15) is 0 Å². The molecule has 2 aromatic rings. The van der Waals surface area contributed by atoms with E-state index in [2.05, 4.69) is 34.7 Å². The van der Waals surface area contributed by atoms with Gasteiger partial charge in [0, 0.05) is 26.2 Å². The smallest absolute Gasteiger partial charge is 0.206 e. The van der Waals surface area contributed by atoms with Gasteiger partial charge in [-0.05, 0) is 25.0 Å². The van der Waals surface area contributed by atoms with Gasteiger partial charge in [-0.15, -0.1) is 0 Å². The van der Waals surface area contributed by atoms with E-state index in [0.717, 1.165) is 37.4 Å². The standard InChI is InChI=1S/C13H18N4/c1-16-12-7-3-2-6-11(12)15-13(16)17-8-4-5-10(14)9-17/h2-3,6-7,10H,4-5,8-9,14H2,1H3/t10-/m0/s1. The molecule has 4 heteroatoms. The molecule has 0 radical (unpaired) electrons. The van der Waals surface area contributed by atoms with Crippen LogP contribution in [0.25, 0.3) is 11.0 Å². The Labute approximate surface area is 101 Å². The first-order valence-electron chi connectivity index (χ1n) is 6.17. The molecule has 0 spiro atoms. The number of nitrogens with zero attached hydrogens (tertiary/aromatic N) is 3. The van der Waals surface area contributed by atoms with Gasteiger partial charge in [-0.2, -0.15) is 0 Å². The van der Waals surface area contributed by atoms with Crippen LogP contribution in [0.2, 0.25) is 0 Å². The Bertz CT molecular complexity index is 531. The lowest BCUT2D eigenvalue weighted by Crippen LogP contribution is -2.43. The Morgan fingerprint density at radius 2 is 2.18 bits per heavy atom. The van der Waals surface area contributed by atoms with Crippen molar-refractivity contribution >= 4 is 17.0 Å². The number of hydrogen-bond acceptors (Lipinski definition) is 3. The van der Waals surface area contributed by atoms with Gasteiger partial charge in [-0.3, -0.25) is 0 Å². The predicted molar refractivity (Wildman–Crippen MR) is 70.1 cm³/mol. The fraction of sp³-hybridized carbons (Fsp3) is 0.462. The molecule has 3 rings (SSSR count). The van der Waals surface area contributed by atoms with Gasteiger partial charge in [0.05, 0.1) is 11.0 Å². The van der Waals surface area contributed by atoms with Crippen LogP contribution < -0.4 is 10.6 Å². The minimum Gasteiger partial charge on any atom is -0.341 e. The topological polar surface area (TPSA) is 47.1 Å². The highest BCUT2D eigenvalue weighted by atomic mass is 15.3. The van der Waals surface area contributed by atoms with Crippen molar-refractivity contribution in [2.24, 2.45) is 12.8 Å². The summed E-state index contributed by atoms with van der Waals surface area (Å²) in [6.45, 7) is 1.97. The minimum atomic E-state index is 0.281.